The second-order valence-electron chi connectivity index (χ2n) is 5.19. The van der Waals surface area contributed by atoms with E-state index >= 15 is 0 Å². The summed E-state index contributed by atoms with van der Waals surface area (Å²) in [7, 11) is 0. The van der Waals surface area contributed by atoms with E-state index in [0.29, 0.717) is 28.1 Å². The van der Waals surface area contributed by atoms with Crippen molar-refractivity contribution in [2.24, 2.45) is 5.16 Å². The number of benzene rings is 2. The number of ether oxygens (including phenoxy) is 2. The highest BCUT2D eigenvalue weighted by Gasteiger charge is 2.11. The van der Waals surface area contributed by atoms with Crippen LogP contribution < -0.4 is 9.47 Å². The molecule has 140 valence electrons. The average molecular weight is 433 g/mol. The lowest BCUT2D eigenvalue weighted by Gasteiger charge is -2.13. The van der Waals surface area contributed by atoms with Crippen LogP contribution in [0, 0.1) is 22.5 Å². The molecule has 2 aromatic carbocycles. The molecule has 0 amide bonds. The van der Waals surface area contributed by atoms with E-state index in [9.17, 15) is 10.1 Å². The summed E-state index contributed by atoms with van der Waals surface area (Å²) < 4.78 is 11.7. The van der Waals surface area contributed by atoms with Crippen LogP contribution in [0.1, 0.15) is 18.1 Å². The molecule has 0 aliphatic carbocycles. The van der Waals surface area contributed by atoms with Crippen LogP contribution in [0.15, 0.2) is 46.0 Å². The average Bonchev–Trinajstić information content (AvgIpc) is 2.65. The Balaban J connectivity index is 2.07. The maximum atomic E-state index is 10.8. The third-order valence-corrected chi connectivity index (χ3v) is 3.85. The van der Waals surface area contributed by atoms with Crippen molar-refractivity contribution in [3.63, 3.8) is 0 Å². The summed E-state index contributed by atoms with van der Waals surface area (Å²) in [5.74, 6) is 3.46. The van der Waals surface area contributed by atoms with Gasteiger partial charge in [-0.05, 0) is 40.5 Å². The molecule has 0 heterocycles. The Morgan fingerprint density at radius 2 is 2.15 bits per heavy atom. The van der Waals surface area contributed by atoms with Crippen LogP contribution in [-0.4, -0.2) is 24.4 Å². The predicted octanol–water partition coefficient (Wildman–Crippen LogP) is 4.32. The molecule has 0 saturated heterocycles. The first-order valence-electron chi connectivity index (χ1n) is 7.96. The molecule has 0 unspecified atom stereocenters. The largest absolute Gasteiger partial charge is 0.490 e. The first kappa shape index (κ1) is 20.3. The van der Waals surface area contributed by atoms with Gasteiger partial charge in [0.15, 0.2) is 11.5 Å². The molecule has 0 aliphatic heterocycles. The number of rotatable bonds is 9. The van der Waals surface area contributed by atoms with Crippen LogP contribution in [0.3, 0.4) is 0 Å². The molecular formula is C19H17BrN2O5. The van der Waals surface area contributed by atoms with Crippen LogP contribution >= 0.6 is 15.9 Å². The van der Waals surface area contributed by atoms with Gasteiger partial charge in [-0.3, -0.25) is 10.1 Å². The Hall–Kier alpha value is -3.05. The van der Waals surface area contributed by atoms with Crippen LogP contribution in [0.4, 0.5) is 5.69 Å². The fourth-order valence-electron chi connectivity index (χ4n) is 2.15. The van der Waals surface area contributed by atoms with Gasteiger partial charge in [-0.25, -0.2) is 0 Å². The monoisotopic (exact) mass is 432 g/mol. The molecule has 0 aromatic heterocycles. The van der Waals surface area contributed by atoms with Gasteiger partial charge >= 0.3 is 0 Å². The van der Waals surface area contributed by atoms with Gasteiger partial charge < -0.3 is 14.3 Å². The molecular weight excluding hydrogens is 416 g/mol. The van der Waals surface area contributed by atoms with Crippen molar-refractivity contribution in [3.05, 3.63) is 62.1 Å². The van der Waals surface area contributed by atoms with Gasteiger partial charge in [0.05, 0.1) is 22.2 Å². The third-order valence-electron chi connectivity index (χ3n) is 3.26. The summed E-state index contributed by atoms with van der Waals surface area (Å²) in [6, 6.07) is 9.72. The van der Waals surface area contributed by atoms with Crippen LogP contribution in [0.25, 0.3) is 0 Å². The minimum Gasteiger partial charge on any atom is -0.490 e. The van der Waals surface area contributed by atoms with E-state index in [2.05, 4.69) is 27.0 Å². The van der Waals surface area contributed by atoms with Gasteiger partial charge in [0.25, 0.3) is 5.69 Å². The molecule has 0 spiro atoms. The Morgan fingerprint density at radius 3 is 2.85 bits per heavy atom. The number of halogens is 1. The molecule has 0 saturated carbocycles. The highest BCUT2D eigenvalue weighted by Crippen LogP contribution is 2.36. The molecule has 0 fully saturated rings. The lowest BCUT2D eigenvalue weighted by atomic mass is 10.2. The van der Waals surface area contributed by atoms with Gasteiger partial charge in [-0.15, -0.1) is 6.42 Å². The van der Waals surface area contributed by atoms with Crippen molar-refractivity contribution in [2.45, 2.75) is 13.5 Å². The summed E-state index contributed by atoms with van der Waals surface area (Å²) in [5, 5.41) is 14.7. The van der Waals surface area contributed by atoms with Crippen molar-refractivity contribution in [3.8, 4) is 23.8 Å². The normalized spacial score (nSPS) is 10.4. The van der Waals surface area contributed by atoms with E-state index in [1.54, 1.807) is 24.3 Å². The zero-order chi connectivity index (χ0) is 19.6. The third kappa shape index (κ3) is 6.01. The van der Waals surface area contributed by atoms with Crippen LogP contribution in [0.5, 0.6) is 11.5 Å². The molecule has 7 nitrogen and oxygen atoms in total. The lowest BCUT2D eigenvalue weighted by Crippen LogP contribution is -2.01. The van der Waals surface area contributed by atoms with E-state index in [1.165, 1.54) is 18.3 Å². The van der Waals surface area contributed by atoms with Crippen molar-refractivity contribution in [1.29, 1.82) is 0 Å². The maximum absolute atomic E-state index is 10.8. The molecule has 27 heavy (non-hydrogen) atoms. The second-order valence-corrected chi connectivity index (χ2v) is 6.05. The van der Waals surface area contributed by atoms with E-state index in [0.717, 1.165) is 5.56 Å². The zero-order valence-corrected chi connectivity index (χ0v) is 16.1. The minimum atomic E-state index is -0.455. The summed E-state index contributed by atoms with van der Waals surface area (Å²) in [4.78, 5) is 15.5. The first-order valence-corrected chi connectivity index (χ1v) is 8.75. The SMILES string of the molecule is C#CCOc1c(Br)cc(/C=N\OCc2cccc([N+](=O)[O-])c2)cc1OCC. The number of oxime groups is 1. The lowest BCUT2D eigenvalue weighted by molar-refractivity contribution is -0.384. The molecule has 0 atom stereocenters. The Labute approximate surface area is 165 Å². The van der Waals surface area contributed by atoms with Crippen LogP contribution in [0.2, 0.25) is 0 Å². The number of terminal acetylenes is 1. The van der Waals surface area contributed by atoms with Gasteiger partial charge in [0, 0.05) is 17.7 Å². The number of non-ortho nitro benzene ring substituents is 1. The number of nitro benzene ring substituents is 1. The van der Waals surface area contributed by atoms with Gasteiger partial charge in [0.2, 0.25) is 0 Å². The van der Waals surface area contributed by atoms with Crippen molar-refractivity contribution in [1.82, 2.24) is 0 Å². The van der Waals surface area contributed by atoms with E-state index in [4.69, 9.17) is 20.7 Å². The van der Waals surface area contributed by atoms with Crippen molar-refractivity contribution >= 4 is 27.8 Å². The first-order chi connectivity index (χ1) is 13.0. The van der Waals surface area contributed by atoms with Crippen molar-refractivity contribution < 1.29 is 19.2 Å². The topological polar surface area (TPSA) is 83.2 Å². The fraction of sp³-hybridized carbons (Fsp3) is 0.211. The Morgan fingerprint density at radius 1 is 1.33 bits per heavy atom. The quantitative estimate of drug-likeness (QED) is 0.255. The molecule has 0 aliphatic rings. The second kappa shape index (κ2) is 10.2. The summed E-state index contributed by atoms with van der Waals surface area (Å²) in [5.41, 5.74) is 1.38. The maximum Gasteiger partial charge on any atom is 0.269 e. The molecule has 2 rings (SSSR count). The molecule has 2 aromatic rings. The Bertz CT molecular complexity index is 877. The van der Waals surface area contributed by atoms with E-state index < -0.39 is 4.92 Å². The van der Waals surface area contributed by atoms with Crippen LogP contribution in [-0.2, 0) is 11.4 Å². The van der Waals surface area contributed by atoms with Crippen molar-refractivity contribution in [2.75, 3.05) is 13.2 Å². The fourth-order valence-corrected chi connectivity index (χ4v) is 2.72. The minimum absolute atomic E-state index is 0.00734. The molecule has 0 bridgehead atoms. The Kier molecular flexibility index (Phi) is 7.64. The number of nitrogens with zero attached hydrogens (tertiary/aromatic N) is 2. The molecule has 0 N–H and O–H groups in total. The smallest absolute Gasteiger partial charge is 0.269 e. The van der Waals surface area contributed by atoms with Gasteiger partial charge in [0.1, 0.15) is 13.2 Å². The number of nitro groups is 1. The number of hydrogen-bond acceptors (Lipinski definition) is 6. The summed E-state index contributed by atoms with van der Waals surface area (Å²) in [6.45, 7) is 2.56. The van der Waals surface area contributed by atoms with E-state index in [1.807, 2.05) is 6.92 Å². The zero-order valence-electron chi connectivity index (χ0n) is 14.6. The van der Waals surface area contributed by atoms with Gasteiger partial charge in [-0.2, -0.15) is 0 Å². The standard InChI is InChI=1S/C19H17BrN2O5/c1-3-8-26-19-17(20)10-15(11-18(19)25-4-2)12-21-27-13-14-6-5-7-16(9-14)22(23)24/h1,5-7,9-12H,4,8,13H2,2H3/b21-12-. The highest BCUT2D eigenvalue weighted by atomic mass is 79.9. The predicted molar refractivity (Wildman–Crippen MR) is 105 cm³/mol. The summed E-state index contributed by atoms with van der Waals surface area (Å²) in [6.07, 6.45) is 6.74. The molecule has 0 radical (unpaired) electrons. The highest BCUT2D eigenvalue weighted by molar-refractivity contribution is 9.10. The molecule has 8 heteroatoms. The van der Waals surface area contributed by atoms with Gasteiger partial charge in [-0.1, -0.05) is 23.2 Å². The summed E-state index contributed by atoms with van der Waals surface area (Å²) >= 11 is 3.43. The van der Waals surface area contributed by atoms with E-state index in [-0.39, 0.29) is 18.9 Å². The number of hydrogen-bond donors (Lipinski definition) is 0.